The van der Waals surface area contributed by atoms with Gasteiger partial charge in [0.15, 0.2) is 6.10 Å². The van der Waals surface area contributed by atoms with Gasteiger partial charge >= 0.3 is 6.18 Å². The first-order valence-electron chi connectivity index (χ1n) is 7.48. The van der Waals surface area contributed by atoms with Crippen LogP contribution in [0.5, 0.6) is 5.75 Å². The van der Waals surface area contributed by atoms with Crippen LogP contribution < -0.4 is 14.8 Å². The zero-order valence-electron chi connectivity index (χ0n) is 13.6. The molecule has 6 nitrogen and oxygen atoms in total. The molecule has 1 aliphatic heterocycles. The number of amides is 1. The lowest BCUT2D eigenvalue weighted by atomic mass is 10.2. The molecular weight excluding hydrogens is 409 g/mol. The SMILES string of the molecule is CC1Oc2ccc(S(=O)(=O)Nc3cc(C(F)(F)F)ccc3Cl)cc2NC1=O. The number of carbonyl (C=O) groups excluding carboxylic acids is 1. The van der Waals surface area contributed by atoms with E-state index in [-0.39, 0.29) is 21.4 Å². The van der Waals surface area contributed by atoms with Crippen molar-refractivity contribution in [1.82, 2.24) is 0 Å². The molecule has 144 valence electrons. The van der Waals surface area contributed by atoms with Crippen molar-refractivity contribution in [3.05, 3.63) is 47.0 Å². The van der Waals surface area contributed by atoms with Gasteiger partial charge in [0, 0.05) is 0 Å². The van der Waals surface area contributed by atoms with Gasteiger partial charge in [0.2, 0.25) is 0 Å². The molecule has 27 heavy (non-hydrogen) atoms. The second-order valence-corrected chi connectivity index (χ2v) is 7.79. The molecule has 1 heterocycles. The lowest BCUT2D eigenvalue weighted by Gasteiger charge is -2.23. The van der Waals surface area contributed by atoms with E-state index in [4.69, 9.17) is 16.3 Å². The van der Waals surface area contributed by atoms with Crippen molar-refractivity contribution in [3.63, 3.8) is 0 Å². The Balaban J connectivity index is 1.95. The molecule has 1 atom stereocenters. The van der Waals surface area contributed by atoms with E-state index in [1.807, 2.05) is 4.72 Å². The second-order valence-electron chi connectivity index (χ2n) is 5.71. The first-order valence-corrected chi connectivity index (χ1v) is 9.34. The first-order chi connectivity index (χ1) is 12.5. The summed E-state index contributed by atoms with van der Waals surface area (Å²) in [5.41, 5.74) is -1.33. The Bertz CT molecular complexity index is 1020. The average molecular weight is 421 g/mol. The molecule has 2 N–H and O–H groups in total. The zero-order valence-corrected chi connectivity index (χ0v) is 15.2. The fraction of sp³-hybridized carbons (Fsp3) is 0.188. The molecular formula is C16H12ClF3N2O4S. The average Bonchev–Trinajstić information content (AvgIpc) is 2.56. The number of hydrogen-bond acceptors (Lipinski definition) is 4. The summed E-state index contributed by atoms with van der Waals surface area (Å²) in [6.07, 6.45) is -5.39. The van der Waals surface area contributed by atoms with E-state index in [1.165, 1.54) is 19.1 Å². The molecule has 0 saturated heterocycles. The highest BCUT2D eigenvalue weighted by atomic mass is 35.5. The molecule has 3 rings (SSSR count). The van der Waals surface area contributed by atoms with Crippen LogP contribution in [0, 0.1) is 0 Å². The molecule has 0 aliphatic carbocycles. The van der Waals surface area contributed by atoms with Gasteiger partial charge in [-0.3, -0.25) is 9.52 Å². The summed E-state index contributed by atoms with van der Waals surface area (Å²) in [6, 6.07) is 5.98. The Morgan fingerprint density at radius 2 is 1.89 bits per heavy atom. The number of halogens is 4. The molecule has 0 aromatic heterocycles. The molecule has 2 aromatic rings. The normalized spacial score (nSPS) is 16.9. The van der Waals surface area contributed by atoms with Gasteiger partial charge in [-0.1, -0.05) is 11.6 Å². The molecule has 0 fully saturated rings. The van der Waals surface area contributed by atoms with Gasteiger partial charge < -0.3 is 10.1 Å². The Morgan fingerprint density at radius 3 is 2.56 bits per heavy atom. The number of hydrogen-bond donors (Lipinski definition) is 2. The van der Waals surface area contributed by atoms with Gasteiger partial charge in [-0.05, 0) is 43.3 Å². The molecule has 11 heteroatoms. The number of benzene rings is 2. The number of fused-ring (bicyclic) bond motifs is 1. The Morgan fingerprint density at radius 1 is 1.19 bits per heavy atom. The zero-order chi connectivity index (χ0) is 20.0. The predicted molar refractivity (Wildman–Crippen MR) is 92.4 cm³/mol. The molecule has 0 saturated carbocycles. The molecule has 1 aliphatic rings. The number of carbonyl (C=O) groups is 1. The maximum absolute atomic E-state index is 12.8. The van der Waals surface area contributed by atoms with E-state index in [9.17, 15) is 26.4 Å². The van der Waals surface area contributed by atoms with Gasteiger partial charge in [0.25, 0.3) is 15.9 Å². The van der Waals surface area contributed by atoms with E-state index < -0.39 is 39.5 Å². The summed E-state index contributed by atoms with van der Waals surface area (Å²) in [4.78, 5) is 11.4. The molecule has 1 amide bonds. The highest BCUT2D eigenvalue weighted by molar-refractivity contribution is 7.92. The van der Waals surface area contributed by atoms with Crippen LogP contribution in [-0.2, 0) is 21.0 Å². The molecule has 1 unspecified atom stereocenters. The van der Waals surface area contributed by atoms with Crippen molar-refractivity contribution in [2.45, 2.75) is 24.1 Å². The standard InChI is InChI=1S/C16H12ClF3N2O4S/c1-8-15(23)21-13-7-10(3-5-14(13)26-8)27(24,25)22-12-6-9(16(18,19)20)2-4-11(12)17/h2-8,22H,1H3,(H,21,23). The Labute approximate surface area is 157 Å². The first kappa shape index (κ1) is 19.3. The number of sulfonamides is 1. The van der Waals surface area contributed by atoms with Crippen molar-refractivity contribution in [3.8, 4) is 5.75 Å². The van der Waals surface area contributed by atoms with Gasteiger partial charge in [-0.15, -0.1) is 0 Å². The fourth-order valence-electron chi connectivity index (χ4n) is 2.34. The predicted octanol–water partition coefficient (Wildman–Crippen LogP) is 3.88. The Hall–Kier alpha value is -2.46. The molecule has 2 aromatic carbocycles. The van der Waals surface area contributed by atoms with Crippen LogP contribution in [-0.4, -0.2) is 20.4 Å². The number of alkyl halides is 3. The highest BCUT2D eigenvalue weighted by Gasteiger charge is 2.32. The van der Waals surface area contributed by atoms with E-state index in [0.29, 0.717) is 6.07 Å². The lowest BCUT2D eigenvalue weighted by Crippen LogP contribution is -2.34. The number of rotatable bonds is 3. The maximum atomic E-state index is 12.8. The van der Waals surface area contributed by atoms with Crippen molar-refractivity contribution < 1.29 is 31.1 Å². The monoisotopic (exact) mass is 420 g/mol. The van der Waals surface area contributed by atoms with Crippen molar-refractivity contribution in [1.29, 1.82) is 0 Å². The minimum Gasteiger partial charge on any atom is -0.479 e. The molecule has 0 spiro atoms. The van der Waals surface area contributed by atoms with Crippen molar-refractivity contribution >= 4 is 38.9 Å². The van der Waals surface area contributed by atoms with E-state index in [1.54, 1.807) is 0 Å². The van der Waals surface area contributed by atoms with Crippen LogP contribution >= 0.6 is 11.6 Å². The van der Waals surface area contributed by atoms with Crippen molar-refractivity contribution in [2.75, 3.05) is 10.0 Å². The summed E-state index contributed by atoms with van der Waals surface area (Å²) in [5, 5.41) is 2.30. The quantitative estimate of drug-likeness (QED) is 0.789. The van der Waals surface area contributed by atoms with Crippen LogP contribution in [0.1, 0.15) is 12.5 Å². The summed E-state index contributed by atoms with van der Waals surface area (Å²) >= 11 is 5.82. The number of ether oxygens (including phenoxy) is 1. The number of anilines is 2. The topological polar surface area (TPSA) is 84.5 Å². The van der Waals surface area contributed by atoms with Gasteiger partial charge in [-0.25, -0.2) is 8.42 Å². The van der Waals surface area contributed by atoms with Gasteiger partial charge in [0.05, 0.1) is 26.9 Å². The third-order valence-electron chi connectivity index (χ3n) is 3.73. The van der Waals surface area contributed by atoms with Crippen LogP contribution in [0.15, 0.2) is 41.3 Å². The number of nitrogens with one attached hydrogen (secondary N) is 2. The Kier molecular flexibility index (Phi) is 4.73. The third-order valence-corrected chi connectivity index (χ3v) is 5.42. The summed E-state index contributed by atoms with van der Waals surface area (Å²) in [5.74, 6) is -0.177. The summed E-state index contributed by atoms with van der Waals surface area (Å²) < 4.78 is 71.0. The van der Waals surface area contributed by atoms with E-state index in [0.717, 1.165) is 18.2 Å². The van der Waals surface area contributed by atoms with E-state index in [2.05, 4.69) is 5.32 Å². The maximum Gasteiger partial charge on any atom is 0.416 e. The van der Waals surface area contributed by atoms with Crippen molar-refractivity contribution in [2.24, 2.45) is 0 Å². The van der Waals surface area contributed by atoms with Crippen LogP contribution in [0.4, 0.5) is 24.5 Å². The van der Waals surface area contributed by atoms with Gasteiger partial charge in [0.1, 0.15) is 5.75 Å². The summed E-state index contributed by atoms with van der Waals surface area (Å²) in [6.45, 7) is 1.53. The second kappa shape index (κ2) is 6.61. The van der Waals surface area contributed by atoms with Crippen LogP contribution in [0.25, 0.3) is 0 Å². The van der Waals surface area contributed by atoms with Crippen LogP contribution in [0.3, 0.4) is 0 Å². The van der Waals surface area contributed by atoms with E-state index >= 15 is 0 Å². The fourth-order valence-corrected chi connectivity index (χ4v) is 3.66. The van der Waals surface area contributed by atoms with Crippen LogP contribution in [0.2, 0.25) is 5.02 Å². The largest absolute Gasteiger partial charge is 0.479 e. The smallest absolute Gasteiger partial charge is 0.416 e. The highest BCUT2D eigenvalue weighted by Crippen LogP contribution is 2.36. The molecule has 0 radical (unpaired) electrons. The van der Waals surface area contributed by atoms with Gasteiger partial charge in [-0.2, -0.15) is 13.2 Å². The summed E-state index contributed by atoms with van der Waals surface area (Å²) in [7, 11) is -4.27. The minimum atomic E-state index is -4.66. The molecule has 0 bridgehead atoms. The third kappa shape index (κ3) is 3.96. The minimum absolute atomic E-state index is 0.135. The lowest BCUT2D eigenvalue weighted by molar-refractivity contribution is -0.137.